The van der Waals surface area contributed by atoms with E-state index in [4.69, 9.17) is 9.26 Å². The number of aryl methyl sites for hydroxylation is 1. The first-order valence-electron chi connectivity index (χ1n) is 7.75. The number of nitrogens with zero attached hydrogens (tertiary/aromatic N) is 1. The minimum atomic E-state index is -0.467. The van der Waals surface area contributed by atoms with Crippen molar-refractivity contribution in [2.24, 2.45) is 0 Å². The number of anilines is 1. The summed E-state index contributed by atoms with van der Waals surface area (Å²) in [5.41, 5.74) is 1.91. The molecule has 3 rings (SSSR count). The molecule has 0 aliphatic heterocycles. The lowest BCUT2D eigenvalue weighted by atomic mass is 9.96. The van der Waals surface area contributed by atoms with Crippen LogP contribution in [0.2, 0.25) is 0 Å². The molecule has 0 bridgehead atoms. The van der Waals surface area contributed by atoms with E-state index in [1.165, 1.54) is 0 Å². The zero-order valence-electron chi connectivity index (χ0n) is 12.9. The number of para-hydroxylation sites is 1. The van der Waals surface area contributed by atoms with Gasteiger partial charge in [0.05, 0.1) is 17.9 Å². The van der Waals surface area contributed by atoms with E-state index < -0.39 is 5.97 Å². The zero-order valence-corrected chi connectivity index (χ0v) is 12.9. The van der Waals surface area contributed by atoms with Crippen molar-refractivity contribution < 1.29 is 18.8 Å². The molecule has 0 radical (unpaired) electrons. The van der Waals surface area contributed by atoms with Crippen LogP contribution in [-0.4, -0.2) is 23.6 Å². The van der Waals surface area contributed by atoms with Crippen molar-refractivity contribution >= 4 is 17.6 Å². The summed E-state index contributed by atoms with van der Waals surface area (Å²) in [7, 11) is 0. The van der Waals surface area contributed by atoms with Crippen LogP contribution in [0.3, 0.4) is 0 Å². The number of carbonyl (C=O) groups is 2. The summed E-state index contributed by atoms with van der Waals surface area (Å²) in [4.78, 5) is 24.5. The van der Waals surface area contributed by atoms with Crippen LogP contribution in [0, 0.1) is 0 Å². The van der Waals surface area contributed by atoms with Crippen molar-refractivity contribution in [2.75, 3.05) is 11.9 Å². The molecule has 1 aromatic heterocycles. The van der Waals surface area contributed by atoms with Crippen molar-refractivity contribution in [1.82, 2.24) is 5.16 Å². The predicted molar refractivity (Wildman–Crippen MR) is 83.5 cm³/mol. The second kappa shape index (κ2) is 6.64. The molecular weight excluding hydrogens is 296 g/mol. The second-order valence-electron chi connectivity index (χ2n) is 5.36. The molecule has 0 fully saturated rings. The number of ether oxygens (including phenoxy) is 1. The molecule has 23 heavy (non-hydrogen) atoms. The average molecular weight is 314 g/mol. The molecule has 0 spiro atoms. The first-order valence-corrected chi connectivity index (χ1v) is 7.75. The molecule has 0 saturated heterocycles. The van der Waals surface area contributed by atoms with Crippen molar-refractivity contribution in [3.8, 4) is 0 Å². The summed E-state index contributed by atoms with van der Waals surface area (Å²) in [6, 6.07) is 6.75. The van der Waals surface area contributed by atoms with Gasteiger partial charge >= 0.3 is 5.97 Å². The number of carbonyl (C=O) groups excluding carboxylic acids is 2. The average Bonchev–Trinajstić information content (AvgIpc) is 2.99. The van der Waals surface area contributed by atoms with Gasteiger partial charge in [-0.2, -0.15) is 0 Å². The molecule has 0 saturated carbocycles. The van der Waals surface area contributed by atoms with Gasteiger partial charge in [0.2, 0.25) is 0 Å². The van der Waals surface area contributed by atoms with Crippen LogP contribution in [0.4, 0.5) is 5.69 Å². The van der Waals surface area contributed by atoms with Gasteiger partial charge < -0.3 is 14.6 Å². The molecule has 6 nitrogen and oxygen atoms in total. The molecule has 0 atom stereocenters. The fraction of sp³-hybridized carbons (Fsp3) is 0.353. The normalized spacial score (nSPS) is 13.3. The maximum Gasteiger partial charge on any atom is 0.340 e. The quantitative estimate of drug-likeness (QED) is 0.877. The number of benzene rings is 1. The van der Waals surface area contributed by atoms with Crippen LogP contribution >= 0.6 is 0 Å². The van der Waals surface area contributed by atoms with Gasteiger partial charge in [-0.25, -0.2) is 4.79 Å². The standard InChI is InChI=1S/C17H18N2O4/c1-2-22-17(21)11-7-3-5-9-13(11)18-16(20)15-12-8-4-6-10-14(12)23-19-15/h3,5,7,9H,2,4,6,8,10H2,1H3,(H,18,20). The Morgan fingerprint density at radius 3 is 2.87 bits per heavy atom. The number of rotatable bonds is 4. The Morgan fingerprint density at radius 1 is 1.26 bits per heavy atom. The first-order chi connectivity index (χ1) is 11.2. The van der Waals surface area contributed by atoms with Gasteiger partial charge in [0.15, 0.2) is 5.69 Å². The lowest BCUT2D eigenvalue weighted by Gasteiger charge is -2.11. The third kappa shape index (κ3) is 3.11. The fourth-order valence-electron chi connectivity index (χ4n) is 2.72. The Morgan fingerprint density at radius 2 is 2.04 bits per heavy atom. The van der Waals surface area contributed by atoms with Crippen LogP contribution in [-0.2, 0) is 17.6 Å². The van der Waals surface area contributed by atoms with E-state index in [-0.39, 0.29) is 12.5 Å². The molecule has 1 N–H and O–H groups in total. The molecule has 120 valence electrons. The smallest absolute Gasteiger partial charge is 0.340 e. The van der Waals surface area contributed by atoms with Crippen molar-refractivity contribution in [2.45, 2.75) is 32.6 Å². The number of hydrogen-bond acceptors (Lipinski definition) is 5. The Labute approximate surface area is 133 Å². The maximum atomic E-state index is 12.5. The van der Waals surface area contributed by atoms with Gasteiger partial charge in [0, 0.05) is 12.0 Å². The molecule has 1 heterocycles. The van der Waals surface area contributed by atoms with Crippen molar-refractivity contribution in [3.63, 3.8) is 0 Å². The van der Waals surface area contributed by atoms with Gasteiger partial charge in [-0.1, -0.05) is 17.3 Å². The second-order valence-corrected chi connectivity index (χ2v) is 5.36. The monoisotopic (exact) mass is 314 g/mol. The Bertz CT molecular complexity index is 736. The first kappa shape index (κ1) is 15.3. The Kier molecular flexibility index (Phi) is 4.41. The summed E-state index contributed by atoms with van der Waals surface area (Å²) in [6.45, 7) is 2.01. The minimum Gasteiger partial charge on any atom is -0.462 e. The highest BCUT2D eigenvalue weighted by molar-refractivity contribution is 6.07. The summed E-state index contributed by atoms with van der Waals surface area (Å²) >= 11 is 0. The summed E-state index contributed by atoms with van der Waals surface area (Å²) in [6.07, 6.45) is 3.68. The number of hydrogen-bond donors (Lipinski definition) is 1. The van der Waals surface area contributed by atoms with Gasteiger partial charge in [-0.15, -0.1) is 0 Å². The molecule has 1 amide bonds. The van der Waals surface area contributed by atoms with Crippen LogP contribution in [0.15, 0.2) is 28.8 Å². The van der Waals surface area contributed by atoms with Gasteiger partial charge in [0.1, 0.15) is 5.76 Å². The highest BCUT2D eigenvalue weighted by Crippen LogP contribution is 2.25. The highest BCUT2D eigenvalue weighted by Gasteiger charge is 2.25. The molecule has 6 heteroatoms. The molecule has 2 aromatic rings. The largest absolute Gasteiger partial charge is 0.462 e. The lowest BCUT2D eigenvalue weighted by Crippen LogP contribution is -2.18. The van der Waals surface area contributed by atoms with Crippen molar-refractivity contribution in [3.05, 3.63) is 46.8 Å². The van der Waals surface area contributed by atoms with E-state index in [2.05, 4.69) is 10.5 Å². The van der Waals surface area contributed by atoms with Gasteiger partial charge in [-0.05, 0) is 38.3 Å². The number of nitrogens with one attached hydrogen (secondary N) is 1. The molecule has 1 aliphatic carbocycles. The number of aromatic nitrogens is 1. The van der Waals surface area contributed by atoms with Gasteiger partial charge in [0.25, 0.3) is 5.91 Å². The lowest BCUT2D eigenvalue weighted by molar-refractivity contribution is 0.0527. The predicted octanol–water partition coefficient (Wildman–Crippen LogP) is 2.98. The topological polar surface area (TPSA) is 81.4 Å². The van der Waals surface area contributed by atoms with Crippen LogP contribution in [0.1, 0.15) is 51.9 Å². The van der Waals surface area contributed by atoms with E-state index in [0.29, 0.717) is 16.9 Å². The third-order valence-electron chi connectivity index (χ3n) is 3.84. The van der Waals surface area contributed by atoms with Crippen LogP contribution < -0.4 is 5.32 Å². The van der Waals surface area contributed by atoms with E-state index in [1.54, 1.807) is 31.2 Å². The van der Waals surface area contributed by atoms with Crippen LogP contribution in [0.25, 0.3) is 0 Å². The summed E-state index contributed by atoms with van der Waals surface area (Å²) in [5.74, 6) is -0.0423. The number of fused-ring (bicyclic) bond motifs is 1. The van der Waals surface area contributed by atoms with E-state index in [1.807, 2.05) is 0 Å². The number of esters is 1. The maximum absolute atomic E-state index is 12.5. The van der Waals surface area contributed by atoms with Crippen molar-refractivity contribution in [1.29, 1.82) is 0 Å². The SMILES string of the molecule is CCOC(=O)c1ccccc1NC(=O)c1noc2c1CCCC2. The molecule has 0 unspecified atom stereocenters. The highest BCUT2D eigenvalue weighted by atomic mass is 16.5. The zero-order chi connectivity index (χ0) is 16.2. The fourth-order valence-corrected chi connectivity index (χ4v) is 2.72. The Balaban J connectivity index is 1.84. The summed E-state index contributed by atoms with van der Waals surface area (Å²) < 4.78 is 10.3. The number of amides is 1. The van der Waals surface area contributed by atoms with Crippen LogP contribution in [0.5, 0.6) is 0 Å². The van der Waals surface area contributed by atoms with E-state index in [0.717, 1.165) is 37.0 Å². The molecular formula is C17H18N2O4. The Hall–Kier alpha value is -2.63. The molecule has 1 aliphatic rings. The van der Waals surface area contributed by atoms with E-state index in [9.17, 15) is 9.59 Å². The van der Waals surface area contributed by atoms with E-state index >= 15 is 0 Å². The summed E-state index contributed by atoms with van der Waals surface area (Å²) in [5, 5.41) is 6.64. The third-order valence-corrected chi connectivity index (χ3v) is 3.84. The minimum absolute atomic E-state index is 0.276. The molecule has 1 aromatic carbocycles. The van der Waals surface area contributed by atoms with Gasteiger partial charge in [-0.3, -0.25) is 4.79 Å².